The van der Waals surface area contributed by atoms with E-state index in [0.717, 1.165) is 6.42 Å². The van der Waals surface area contributed by atoms with Crippen molar-refractivity contribution in [3.05, 3.63) is 0 Å². The first kappa shape index (κ1) is 11.5. The Kier molecular flexibility index (Phi) is 4.08. The second-order valence-corrected chi connectivity index (χ2v) is 3.23. The van der Waals surface area contributed by atoms with Crippen molar-refractivity contribution in [1.29, 1.82) is 0 Å². The quantitative estimate of drug-likeness (QED) is 0.776. The summed E-state index contributed by atoms with van der Waals surface area (Å²) in [7, 11) is 5.51. The van der Waals surface area contributed by atoms with Crippen LogP contribution >= 0.6 is 0 Å². The summed E-state index contributed by atoms with van der Waals surface area (Å²) in [6.07, 6.45) is 0.928. The second-order valence-electron chi connectivity index (χ2n) is 3.23. The van der Waals surface area contributed by atoms with Gasteiger partial charge in [0, 0.05) is 21.1 Å². The minimum absolute atomic E-state index is 0.361. The van der Waals surface area contributed by atoms with Crippen molar-refractivity contribution in [3.8, 4) is 6.01 Å². The van der Waals surface area contributed by atoms with E-state index in [9.17, 15) is 0 Å². The molecule has 1 heterocycles. The van der Waals surface area contributed by atoms with Crippen LogP contribution in [0.15, 0.2) is 0 Å². The molecule has 0 atom stereocenters. The molecular formula is C9H17N5O. The molecule has 0 spiro atoms. The third-order valence-corrected chi connectivity index (χ3v) is 1.66. The van der Waals surface area contributed by atoms with Crippen molar-refractivity contribution in [1.82, 2.24) is 15.0 Å². The average Bonchev–Trinajstić information content (AvgIpc) is 2.25. The van der Waals surface area contributed by atoms with Gasteiger partial charge in [-0.25, -0.2) is 0 Å². The zero-order valence-electron chi connectivity index (χ0n) is 9.61. The highest BCUT2D eigenvalue weighted by Gasteiger charge is 2.07. The van der Waals surface area contributed by atoms with Gasteiger partial charge in [-0.3, -0.25) is 0 Å². The first-order valence-corrected chi connectivity index (χ1v) is 4.91. The summed E-state index contributed by atoms with van der Waals surface area (Å²) < 4.78 is 5.36. The van der Waals surface area contributed by atoms with Crippen LogP contribution in [0.1, 0.15) is 13.3 Å². The molecule has 1 N–H and O–H groups in total. The lowest BCUT2D eigenvalue weighted by Crippen LogP contribution is -2.15. The maximum Gasteiger partial charge on any atom is 0.323 e. The van der Waals surface area contributed by atoms with E-state index in [1.54, 1.807) is 11.9 Å². The van der Waals surface area contributed by atoms with Gasteiger partial charge in [0.25, 0.3) is 0 Å². The van der Waals surface area contributed by atoms with E-state index < -0.39 is 0 Å². The average molecular weight is 211 g/mol. The molecule has 0 aromatic carbocycles. The van der Waals surface area contributed by atoms with E-state index in [1.807, 2.05) is 21.0 Å². The number of nitrogens with zero attached hydrogens (tertiary/aromatic N) is 4. The Labute approximate surface area is 89.7 Å². The van der Waals surface area contributed by atoms with E-state index in [2.05, 4.69) is 20.3 Å². The fourth-order valence-corrected chi connectivity index (χ4v) is 0.916. The molecule has 0 unspecified atom stereocenters. The van der Waals surface area contributed by atoms with Gasteiger partial charge in [-0.15, -0.1) is 0 Å². The zero-order valence-corrected chi connectivity index (χ0v) is 9.61. The lowest BCUT2D eigenvalue weighted by atomic mass is 10.5. The summed E-state index contributed by atoms with van der Waals surface area (Å²) in [4.78, 5) is 14.2. The molecule has 84 valence electrons. The summed E-state index contributed by atoms with van der Waals surface area (Å²) in [5.41, 5.74) is 0. The molecule has 0 amide bonds. The van der Waals surface area contributed by atoms with E-state index >= 15 is 0 Å². The van der Waals surface area contributed by atoms with Gasteiger partial charge in [0.2, 0.25) is 11.9 Å². The van der Waals surface area contributed by atoms with Crippen molar-refractivity contribution < 1.29 is 4.74 Å². The van der Waals surface area contributed by atoms with Gasteiger partial charge < -0.3 is 15.0 Å². The van der Waals surface area contributed by atoms with Gasteiger partial charge in [-0.2, -0.15) is 15.0 Å². The van der Waals surface area contributed by atoms with Crippen LogP contribution in [0.3, 0.4) is 0 Å². The molecule has 6 heteroatoms. The maximum atomic E-state index is 5.36. The lowest BCUT2D eigenvalue weighted by Gasteiger charge is -2.12. The van der Waals surface area contributed by atoms with Crippen LogP contribution in [-0.2, 0) is 0 Å². The highest BCUT2D eigenvalue weighted by Crippen LogP contribution is 2.12. The molecule has 0 radical (unpaired) electrons. The first-order chi connectivity index (χ1) is 7.17. The van der Waals surface area contributed by atoms with Crippen LogP contribution in [0.4, 0.5) is 11.9 Å². The van der Waals surface area contributed by atoms with Crippen LogP contribution < -0.4 is 15.0 Å². The Hall–Kier alpha value is -1.59. The molecule has 0 saturated carbocycles. The summed E-state index contributed by atoms with van der Waals surface area (Å²) in [6, 6.07) is 0.361. The minimum Gasteiger partial charge on any atom is -0.463 e. The third kappa shape index (κ3) is 3.23. The standard InChI is InChI=1S/C9H17N5O/c1-5-6-15-9-12-7(10-2)11-8(13-9)14(3)4/h5-6H2,1-4H3,(H,10,11,12,13). The monoisotopic (exact) mass is 211 g/mol. The Balaban J connectivity index is 2.90. The first-order valence-electron chi connectivity index (χ1n) is 4.91. The Morgan fingerprint density at radius 3 is 2.53 bits per heavy atom. The van der Waals surface area contributed by atoms with Crippen LogP contribution in [0.5, 0.6) is 6.01 Å². The van der Waals surface area contributed by atoms with Crippen molar-refractivity contribution in [2.45, 2.75) is 13.3 Å². The number of aromatic nitrogens is 3. The summed E-state index contributed by atoms with van der Waals surface area (Å²) in [5, 5.41) is 2.87. The lowest BCUT2D eigenvalue weighted by molar-refractivity contribution is 0.292. The van der Waals surface area contributed by atoms with E-state index in [-0.39, 0.29) is 0 Å². The van der Waals surface area contributed by atoms with Crippen LogP contribution in [-0.4, -0.2) is 42.7 Å². The third-order valence-electron chi connectivity index (χ3n) is 1.66. The Morgan fingerprint density at radius 1 is 1.27 bits per heavy atom. The van der Waals surface area contributed by atoms with Crippen LogP contribution in [0.2, 0.25) is 0 Å². The number of ether oxygens (including phenoxy) is 1. The molecule has 1 rings (SSSR count). The molecule has 1 aromatic heterocycles. The predicted octanol–water partition coefficient (Wildman–Crippen LogP) is 0.768. The maximum absolute atomic E-state index is 5.36. The van der Waals surface area contributed by atoms with Crippen molar-refractivity contribution in [3.63, 3.8) is 0 Å². The molecule has 1 aromatic rings. The number of anilines is 2. The molecule has 0 fully saturated rings. The smallest absolute Gasteiger partial charge is 0.323 e. The molecule has 0 aliphatic carbocycles. The second kappa shape index (κ2) is 5.33. The molecule has 0 aliphatic rings. The largest absolute Gasteiger partial charge is 0.463 e. The van der Waals surface area contributed by atoms with Crippen molar-refractivity contribution in [2.75, 3.05) is 38.0 Å². The summed E-state index contributed by atoms with van der Waals surface area (Å²) in [6.45, 7) is 2.65. The number of hydrogen-bond acceptors (Lipinski definition) is 6. The highest BCUT2D eigenvalue weighted by molar-refractivity contribution is 5.36. The van der Waals surface area contributed by atoms with Gasteiger partial charge in [0.05, 0.1) is 6.61 Å². The fourth-order valence-electron chi connectivity index (χ4n) is 0.916. The van der Waals surface area contributed by atoms with Crippen LogP contribution in [0.25, 0.3) is 0 Å². The zero-order chi connectivity index (χ0) is 11.3. The highest BCUT2D eigenvalue weighted by atomic mass is 16.5. The van der Waals surface area contributed by atoms with Gasteiger partial charge in [0.15, 0.2) is 0 Å². The number of nitrogens with one attached hydrogen (secondary N) is 1. The fraction of sp³-hybridized carbons (Fsp3) is 0.667. The normalized spacial score (nSPS) is 9.87. The Bertz CT molecular complexity index is 315. The summed E-state index contributed by atoms with van der Waals surface area (Å²) >= 11 is 0. The van der Waals surface area contributed by atoms with Crippen molar-refractivity contribution in [2.24, 2.45) is 0 Å². The van der Waals surface area contributed by atoms with E-state index in [1.165, 1.54) is 0 Å². The van der Waals surface area contributed by atoms with Gasteiger partial charge in [-0.05, 0) is 6.42 Å². The van der Waals surface area contributed by atoms with Gasteiger partial charge in [0.1, 0.15) is 0 Å². The Morgan fingerprint density at radius 2 is 2.00 bits per heavy atom. The SMILES string of the molecule is CCCOc1nc(NC)nc(N(C)C)n1. The molecule has 6 nitrogen and oxygen atoms in total. The molecule has 15 heavy (non-hydrogen) atoms. The van der Waals surface area contributed by atoms with E-state index in [4.69, 9.17) is 4.74 Å². The predicted molar refractivity (Wildman–Crippen MR) is 59.5 cm³/mol. The molecule has 0 aliphatic heterocycles. The van der Waals surface area contributed by atoms with Crippen molar-refractivity contribution >= 4 is 11.9 Å². The number of rotatable bonds is 5. The number of hydrogen-bond donors (Lipinski definition) is 1. The van der Waals surface area contributed by atoms with Gasteiger partial charge >= 0.3 is 6.01 Å². The van der Waals surface area contributed by atoms with E-state index in [0.29, 0.717) is 24.5 Å². The minimum atomic E-state index is 0.361. The molecule has 0 saturated heterocycles. The van der Waals surface area contributed by atoms with Gasteiger partial charge in [-0.1, -0.05) is 6.92 Å². The molecule has 0 bridgehead atoms. The topological polar surface area (TPSA) is 63.2 Å². The molecular weight excluding hydrogens is 194 g/mol. The summed E-state index contributed by atoms with van der Waals surface area (Å²) in [5.74, 6) is 1.10. The van der Waals surface area contributed by atoms with Crippen LogP contribution in [0, 0.1) is 0 Å².